The lowest BCUT2D eigenvalue weighted by atomic mass is 9.74. The molecular formula is C16H30F2N2. The molecule has 2 saturated heterocycles. The molecule has 2 heterocycles. The van der Waals surface area contributed by atoms with E-state index >= 15 is 0 Å². The molecule has 2 fully saturated rings. The Morgan fingerprint density at radius 3 is 2.20 bits per heavy atom. The number of rotatable bonds is 4. The van der Waals surface area contributed by atoms with Gasteiger partial charge in [-0.3, -0.25) is 4.90 Å². The van der Waals surface area contributed by atoms with Crippen LogP contribution in [0.3, 0.4) is 0 Å². The fraction of sp³-hybridized carbons (Fsp3) is 1.00. The predicted octanol–water partition coefficient (Wildman–Crippen LogP) is 3.03. The maximum absolute atomic E-state index is 14.6. The Bertz CT molecular complexity index is 343. The predicted molar refractivity (Wildman–Crippen MR) is 79.4 cm³/mol. The molecule has 4 heteroatoms. The third-order valence-electron chi connectivity index (χ3n) is 4.64. The van der Waals surface area contributed by atoms with E-state index in [-0.39, 0.29) is 16.7 Å². The Balaban J connectivity index is 1.84. The summed E-state index contributed by atoms with van der Waals surface area (Å²) in [4.78, 5) is 2.15. The van der Waals surface area contributed by atoms with Gasteiger partial charge in [0.2, 0.25) is 0 Å². The zero-order valence-electron chi connectivity index (χ0n) is 13.6. The number of nitrogens with zero attached hydrogens (tertiary/aromatic N) is 1. The van der Waals surface area contributed by atoms with Crippen LogP contribution in [-0.4, -0.2) is 49.5 Å². The van der Waals surface area contributed by atoms with Crippen molar-refractivity contribution in [3.8, 4) is 0 Å². The van der Waals surface area contributed by atoms with Crippen LogP contribution >= 0.6 is 0 Å². The molecule has 2 aliphatic heterocycles. The van der Waals surface area contributed by atoms with Gasteiger partial charge in [0.15, 0.2) is 0 Å². The summed E-state index contributed by atoms with van der Waals surface area (Å²) in [6.45, 7) is 13.5. The van der Waals surface area contributed by atoms with Crippen molar-refractivity contribution in [2.75, 3.05) is 32.7 Å². The fourth-order valence-corrected chi connectivity index (χ4v) is 4.04. The van der Waals surface area contributed by atoms with Crippen LogP contribution in [0, 0.1) is 16.7 Å². The molecule has 0 spiro atoms. The lowest BCUT2D eigenvalue weighted by molar-refractivity contribution is -0.0785. The van der Waals surface area contributed by atoms with E-state index in [1.54, 1.807) is 0 Å². The van der Waals surface area contributed by atoms with E-state index in [0.717, 1.165) is 13.1 Å². The maximum atomic E-state index is 14.6. The van der Waals surface area contributed by atoms with Crippen LogP contribution in [0.5, 0.6) is 0 Å². The molecule has 0 aliphatic carbocycles. The van der Waals surface area contributed by atoms with E-state index in [1.807, 2.05) is 0 Å². The topological polar surface area (TPSA) is 15.3 Å². The Morgan fingerprint density at radius 1 is 1.15 bits per heavy atom. The van der Waals surface area contributed by atoms with Gasteiger partial charge in [-0.15, -0.1) is 0 Å². The average molecular weight is 288 g/mol. The van der Waals surface area contributed by atoms with Crippen molar-refractivity contribution in [2.24, 2.45) is 16.7 Å². The molecule has 2 rings (SSSR count). The number of hydrogen-bond acceptors (Lipinski definition) is 2. The standard InChI is InChI=1S/C16H30F2N2/c1-14(2,3)8-16(18)10-20(11-16)9-15(4,5)12-6-19-7-13(12)17/h12-13,19H,6-11H2,1-5H3. The first-order valence-corrected chi connectivity index (χ1v) is 7.77. The second-order valence-electron chi connectivity index (χ2n) is 8.80. The van der Waals surface area contributed by atoms with Gasteiger partial charge in [-0.2, -0.15) is 0 Å². The number of likely N-dealkylation sites (tertiary alicyclic amines) is 1. The minimum Gasteiger partial charge on any atom is -0.313 e. The Labute approximate surface area is 122 Å². The number of alkyl halides is 2. The minimum absolute atomic E-state index is 0.0236. The van der Waals surface area contributed by atoms with Gasteiger partial charge in [-0.05, 0) is 17.3 Å². The van der Waals surface area contributed by atoms with Crippen LogP contribution in [0.4, 0.5) is 8.78 Å². The molecule has 0 bridgehead atoms. The van der Waals surface area contributed by atoms with Gasteiger partial charge in [0, 0.05) is 38.6 Å². The maximum Gasteiger partial charge on any atom is 0.136 e. The summed E-state index contributed by atoms with van der Waals surface area (Å²) >= 11 is 0. The van der Waals surface area contributed by atoms with Crippen LogP contribution in [0.1, 0.15) is 41.0 Å². The van der Waals surface area contributed by atoms with Crippen LogP contribution in [0.15, 0.2) is 0 Å². The molecule has 0 saturated carbocycles. The summed E-state index contributed by atoms with van der Waals surface area (Å²) < 4.78 is 28.4. The summed E-state index contributed by atoms with van der Waals surface area (Å²) in [7, 11) is 0. The van der Waals surface area contributed by atoms with Crippen LogP contribution in [-0.2, 0) is 0 Å². The van der Waals surface area contributed by atoms with Crippen molar-refractivity contribution < 1.29 is 8.78 Å². The summed E-state index contributed by atoms with van der Waals surface area (Å²) in [6.07, 6.45) is -0.163. The van der Waals surface area contributed by atoms with Crippen molar-refractivity contribution in [3.05, 3.63) is 0 Å². The highest BCUT2D eigenvalue weighted by molar-refractivity contribution is 5.01. The van der Waals surface area contributed by atoms with Gasteiger partial charge >= 0.3 is 0 Å². The zero-order chi connectivity index (χ0) is 15.2. The highest BCUT2D eigenvalue weighted by atomic mass is 19.1. The summed E-state index contributed by atoms with van der Waals surface area (Å²) in [5.41, 5.74) is -1.13. The first-order valence-electron chi connectivity index (χ1n) is 7.77. The highest BCUT2D eigenvalue weighted by Gasteiger charge is 2.48. The van der Waals surface area contributed by atoms with Crippen molar-refractivity contribution >= 4 is 0 Å². The van der Waals surface area contributed by atoms with Gasteiger partial charge in [0.05, 0.1) is 0 Å². The molecule has 2 unspecified atom stereocenters. The molecule has 0 amide bonds. The lowest BCUT2D eigenvalue weighted by Crippen LogP contribution is -2.62. The van der Waals surface area contributed by atoms with E-state index in [9.17, 15) is 8.78 Å². The van der Waals surface area contributed by atoms with E-state index in [1.165, 1.54) is 0 Å². The normalized spacial score (nSPS) is 31.4. The quantitative estimate of drug-likeness (QED) is 0.855. The second kappa shape index (κ2) is 5.20. The van der Waals surface area contributed by atoms with Crippen molar-refractivity contribution in [1.82, 2.24) is 10.2 Å². The Morgan fingerprint density at radius 2 is 1.75 bits per heavy atom. The molecule has 0 aromatic rings. The summed E-state index contributed by atoms with van der Waals surface area (Å²) in [5, 5.41) is 3.12. The molecular weight excluding hydrogens is 258 g/mol. The zero-order valence-corrected chi connectivity index (χ0v) is 13.6. The van der Waals surface area contributed by atoms with E-state index in [0.29, 0.717) is 26.1 Å². The van der Waals surface area contributed by atoms with E-state index in [2.05, 4.69) is 44.8 Å². The Kier molecular flexibility index (Phi) is 4.20. The number of halogens is 2. The number of hydrogen-bond donors (Lipinski definition) is 1. The van der Waals surface area contributed by atoms with Gasteiger partial charge in [-0.1, -0.05) is 34.6 Å². The summed E-state index contributed by atoms with van der Waals surface area (Å²) in [5.74, 6) is 0.0414. The van der Waals surface area contributed by atoms with Crippen LogP contribution in [0.25, 0.3) is 0 Å². The van der Waals surface area contributed by atoms with Gasteiger partial charge in [0.1, 0.15) is 11.8 Å². The fourth-order valence-electron chi connectivity index (χ4n) is 4.04. The van der Waals surface area contributed by atoms with Crippen molar-refractivity contribution in [3.63, 3.8) is 0 Å². The van der Waals surface area contributed by atoms with E-state index < -0.39 is 11.8 Å². The first-order chi connectivity index (χ1) is 9.01. The number of nitrogens with one attached hydrogen (secondary N) is 1. The molecule has 2 aliphatic rings. The SMILES string of the molecule is CC(C)(C)CC1(F)CN(CC(C)(C)C2CNCC2F)C1. The molecule has 0 aromatic carbocycles. The van der Waals surface area contributed by atoms with Gasteiger partial charge in [-0.25, -0.2) is 8.78 Å². The monoisotopic (exact) mass is 288 g/mol. The molecule has 1 N–H and O–H groups in total. The first kappa shape index (κ1) is 16.2. The molecule has 0 aromatic heterocycles. The average Bonchev–Trinajstić information content (AvgIpc) is 2.59. The van der Waals surface area contributed by atoms with Crippen molar-refractivity contribution in [1.29, 1.82) is 0 Å². The third kappa shape index (κ3) is 3.70. The van der Waals surface area contributed by atoms with Crippen LogP contribution in [0.2, 0.25) is 0 Å². The largest absolute Gasteiger partial charge is 0.313 e. The van der Waals surface area contributed by atoms with Gasteiger partial charge < -0.3 is 5.32 Å². The molecule has 20 heavy (non-hydrogen) atoms. The minimum atomic E-state index is -1.04. The molecule has 0 radical (unpaired) electrons. The second-order valence-corrected chi connectivity index (χ2v) is 8.80. The third-order valence-corrected chi connectivity index (χ3v) is 4.64. The van der Waals surface area contributed by atoms with Crippen molar-refractivity contribution in [2.45, 2.75) is 52.9 Å². The Hall–Kier alpha value is -0.220. The molecule has 2 nitrogen and oxygen atoms in total. The van der Waals surface area contributed by atoms with E-state index in [4.69, 9.17) is 0 Å². The smallest absolute Gasteiger partial charge is 0.136 e. The highest BCUT2D eigenvalue weighted by Crippen LogP contribution is 2.40. The van der Waals surface area contributed by atoms with Crippen LogP contribution < -0.4 is 5.32 Å². The molecule has 118 valence electrons. The molecule has 2 atom stereocenters. The lowest BCUT2D eigenvalue weighted by Gasteiger charge is -2.50. The van der Waals surface area contributed by atoms with Gasteiger partial charge in [0.25, 0.3) is 0 Å². The summed E-state index contributed by atoms with van der Waals surface area (Å²) in [6, 6.07) is 0.